The van der Waals surface area contributed by atoms with Gasteiger partial charge < -0.3 is 0 Å². The van der Waals surface area contributed by atoms with Gasteiger partial charge in [-0.15, -0.1) is 11.8 Å². The highest BCUT2D eigenvalue weighted by atomic mass is 127. The predicted molar refractivity (Wildman–Crippen MR) is 101 cm³/mol. The molecule has 0 saturated carbocycles. The molecule has 0 aromatic heterocycles. The molecule has 0 bridgehead atoms. The first-order valence-corrected chi connectivity index (χ1v) is 8.89. The number of thioether (sulfide) groups is 1. The molecule has 3 nitrogen and oxygen atoms in total. The molecule has 0 fully saturated rings. The van der Waals surface area contributed by atoms with E-state index in [-0.39, 0.29) is 5.91 Å². The van der Waals surface area contributed by atoms with Crippen molar-refractivity contribution < 1.29 is 4.79 Å². The molecule has 22 heavy (non-hydrogen) atoms. The molecule has 1 amide bonds. The molecule has 1 N–H and O–H groups in total. The molecule has 0 aliphatic rings. The molecule has 2 rings (SSSR count). The van der Waals surface area contributed by atoms with Crippen molar-refractivity contribution in [3.63, 3.8) is 0 Å². The minimum absolute atomic E-state index is 0.101. The maximum atomic E-state index is 11.8. The second-order valence-corrected chi connectivity index (χ2v) is 7.14. The van der Waals surface area contributed by atoms with Crippen molar-refractivity contribution in [3.05, 3.63) is 63.2 Å². The third-order valence-corrected chi connectivity index (χ3v) is 4.66. The van der Waals surface area contributed by atoms with Crippen LogP contribution in [0.5, 0.6) is 0 Å². The molecule has 5 heteroatoms. The van der Waals surface area contributed by atoms with Crippen molar-refractivity contribution >= 4 is 46.0 Å². The Balaban J connectivity index is 1.86. The third kappa shape index (κ3) is 5.46. The fraction of sp³-hybridized carbons (Fsp3) is 0.176. The summed E-state index contributed by atoms with van der Waals surface area (Å²) in [5.41, 5.74) is 5.63. The first-order chi connectivity index (χ1) is 10.5. The average molecular weight is 424 g/mol. The molecule has 2 aromatic rings. The standard InChI is InChI=1S/C17H17IN2OS/c1-12-6-8-16(9-7-12)22-11-17(21)20-19-13(2)14-4-3-5-15(18)10-14/h3-10H,11H2,1-2H3,(H,20,21)/b19-13-. The zero-order valence-corrected chi connectivity index (χ0v) is 15.4. The number of carbonyl (C=O) groups excluding carboxylic acids is 1. The van der Waals surface area contributed by atoms with Crippen LogP contribution in [0.25, 0.3) is 0 Å². The van der Waals surface area contributed by atoms with Crippen molar-refractivity contribution in [2.75, 3.05) is 5.75 Å². The number of hydrazone groups is 1. The molecule has 114 valence electrons. The van der Waals surface area contributed by atoms with E-state index in [1.807, 2.05) is 62.4 Å². The molecule has 0 aliphatic carbocycles. The second kappa shape index (κ2) is 8.33. The van der Waals surface area contributed by atoms with Gasteiger partial charge in [0.05, 0.1) is 11.5 Å². The Morgan fingerprint density at radius 1 is 1.23 bits per heavy atom. The van der Waals surface area contributed by atoms with Crippen LogP contribution in [-0.4, -0.2) is 17.4 Å². The zero-order chi connectivity index (χ0) is 15.9. The SMILES string of the molecule is C/C(=N/NC(=O)CSc1ccc(C)cc1)c1cccc(I)c1. The number of hydrogen-bond donors (Lipinski definition) is 1. The topological polar surface area (TPSA) is 41.5 Å². The third-order valence-electron chi connectivity index (χ3n) is 2.98. The minimum Gasteiger partial charge on any atom is -0.272 e. The smallest absolute Gasteiger partial charge is 0.250 e. The number of rotatable bonds is 5. The fourth-order valence-electron chi connectivity index (χ4n) is 1.74. The number of benzene rings is 2. The quantitative estimate of drug-likeness (QED) is 0.338. The van der Waals surface area contributed by atoms with Gasteiger partial charge in [-0.25, -0.2) is 5.43 Å². The summed E-state index contributed by atoms with van der Waals surface area (Å²) in [6.45, 7) is 3.93. The molecule has 0 heterocycles. The molecule has 0 saturated heterocycles. The predicted octanol–water partition coefficient (Wildman–Crippen LogP) is 4.23. The molecule has 0 aliphatic heterocycles. The number of nitrogens with one attached hydrogen (secondary N) is 1. The zero-order valence-electron chi connectivity index (χ0n) is 12.5. The Bertz CT molecular complexity index is 683. The molecule has 0 radical (unpaired) electrons. The van der Waals surface area contributed by atoms with Gasteiger partial charge in [-0.2, -0.15) is 5.10 Å². The highest BCUT2D eigenvalue weighted by Gasteiger charge is 2.03. The lowest BCUT2D eigenvalue weighted by Crippen LogP contribution is -2.21. The highest BCUT2D eigenvalue weighted by molar-refractivity contribution is 14.1. The van der Waals surface area contributed by atoms with Gasteiger partial charge in [-0.05, 0) is 66.3 Å². The van der Waals surface area contributed by atoms with E-state index in [0.29, 0.717) is 5.75 Å². The van der Waals surface area contributed by atoms with Crippen LogP contribution < -0.4 is 5.43 Å². The van der Waals surface area contributed by atoms with Crippen molar-refractivity contribution in [2.24, 2.45) is 5.10 Å². The van der Waals surface area contributed by atoms with Crippen molar-refractivity contribution in [1.29, 1.82) is 0 Å². The molecular formula is C17H17IN2OS. The maximum Gasteiger partial charge on any atom is 0.250 e. The van der Waals surface area contributed by atoms with Crippen molar-refractivity contribution in [1.82, 2.24) is 5.43 Å². The van der Waals surface area contributed by atoms with Gasteiger partial charge in [-0.3, -0.25) is 4.79 Å². The lowest BCUT2D eigenvalue weighted by molar-refractivity contribution is -0.118. The van der Waals surface area contributed by atoms with Crippen molar-refractivity contribution in [2.45, 2.75) is 18.7 Å². The Labute approximate surface area is 148 Å². The summed E-state index contributed by atoms with van der Waals surface area (Å²) in [6, 6.07) is 16.1. The van der Waals surface area contributed by atoms with Crippen LogP contribution in [0, 0.1) is 10.5 Å². The largest absolute Gasteiger partial charge is 0.272 e. The lowest BCUT2D eigenvalue weighted by atomic mass is 10.1. The van der Waals surface area contributed by atoms with E-state index in [0.717, 1.165) is 19.7 Å². The first kappa shape index (κ1) is 17.0. The maximum absolute atomic E-state index is 11.8. The summed E-state index contributed by atoms with van der Waals surface area (Å²) in [6.07, 6.45) is 0. The van der Waals surface area contributed by atoms with Crippen LogP contribution >= 0.6 is 34.4 Å². The summed E-state index contributed by atoms with van der Waals surface area (Å²) >= 11 is 3.76. The Morgan fingerprint density at radius 2 is 1.95 bits per heavy atom. The average Bonchev–Trinajstić information content (AvgIpc) is 2.52. The van der Waals surface area contributed by atoms with Gasteiger partial charge in [0.25, 0.3) is 0 Å². The Hall–Kier alpha value is -1.34. The van der Waals surface area contributed by atoms with Gasteiger partial charge in [-0.1, -0.05) is 29.8 Å². The van der Waals surface area contributed by atoms with E-state index < -0.39 is 0 Å². The number of halogens is 1. The molecule has 2 aromatic carbocycles. The van der Waals surface area contributed by atoms with Crippen LogP contribution in [0.15, 0.2) is 58.5 Å². The minimum atomic E-state index is -0.101. The Kier molecular flexibility index (Phi) is 6.45. The highest BCUT2D eigenvalue weighted by Crippen LogP contribution is 2.17. The fourth-order valence-corrected chi connectivity index (χ4v) is 2.97. The number of carbonyl (C=O) groups is 1. The van der Waals surface area contributed by atoms with E-state index >= 15 is 0 Å². The van der Waals surface area contributed by atoms with E-state index in [9.17, 15) is 4.79 Å². The first-order valence-electron chi connectivity index (χ1n) is 6.83. The number of nitrogens with zero attached hydrogens (tertiary/aromatic N) is 1. The van der Waals surface area contributed by atoms with E-state index in [1.165, 1.54) is 17.3 Å². The van der Waals surface area contributed by atoms with Crippen LogP contribution in [0.2, 0.25) is 0 Å². The van der Waals surface area contributed by atoms with Crippen LogP contribution in [0.4, 0.5) is 0 Å². The van der Waals surface area contributed by atoms with Crippen LogP contribution in [0.1, 0.15) is 18.1 Å². The van der Waals surface area contributed by atoms with E-state index in [1.54, 1.807) is 0 Å². The van der Waals surface area contributed by atoms with Crippen LogP contribution in [-0.2, 0) is 4.79 Å². The normalized spacial score (nSPS) is 11.3. The van der Waals surface area contributed by atoms with Gasteiger partial charge in [0.1, 0.15) is 0 Å². The molecular weight excluding hydrogens is 407 g/mol. The van der Waals surface area contributed by atoms with Crippen molar-refractivity contribution in [3.8, 4) is 0 Å². The molecule has 0 unspecified atom stereocenters. The second-order valence-electron chi connectivity index (χ2n) is 4.84. The van der Waals surface area contributed by atoms with Gasteiger partial charge in [0.15, 0.2) is 0 Å². The lowest BCUT2D eigenvalue weighted by Gasteiger charge is -2.04. The summed E-state index contributed by atoms with van der Waals surface area (Å²) in [5, 5.41) is 4.16. The number of amides is 1. The number of hydrogen-bond acceptors (Lipinski definition) is 3. The van der Waals surface area contributed by atoms with Gasteiger partial charge >= 0.3 is 0 Å². The van der Waals surface area contributed by atoms with Crippen LogP contribution in [0.3, 0.4) is 0 Å². The molecule has 0 spiro atoms. The summed E-state index contributed by atoms with van der Waals surface area (Å²) in [5.74, 6) is 0.252. The number of aryl methyl sites for hydroxylation is 1. The Morgan fingerprint density at radius 3 is 2.64 bits per heavy atom. The summed E-state index contributed by atoms with van der Waals surface area (Å²) < 4.78 is 1.14. The van der Waals surface area contributed by atoms with E-state index in [4.69, 9.17) is 0 Å². The monoisotopic (exact) mass is 424 g/mol. The summed E-state index contributed by atoms with van der Waals surface area (Å²) in [4.78, 5) is 12.9. The van der Waals surface area contributed by atoms with E-state index in [2.05, 4.69) is 33.1 Å². The summed E-state index contributed by atoms with van der Waals surface area (Å²) in [7, 11) is 0. The molecule has 0 atom stereocenters. The van der Waals surface area contributed by atoms with Gasteiger partial charge in [0, 0.05) is 8.47 Å². The van der Waals surface area contributed by atoms with Gasteiger partial charge in [0.2, 0.25) is 5.91 Å².